The molecule has 1 saturated carbocycles. The van der Waals surface area contributed by atoms with Gasteiger partial charge in [0.25, 0.3) is 11.5 Å². The minimum atomic E-state index is -0.997. The second-order valence-electron chi connectivity index (χ2n) is 8.63. The minimum Gasteiger partial charge on any atom is -0.481 e. The first kappa shape index (κ1) is 23.0. The summed E-state index contributed by atoms with van der Waals surface area (Å²) >= 11 is 6.34. The van der Waals surface area contributed by atoms with Crippen LogP contribution in [0.3, 0.4) is 0 Å². The van der Waals surface area contributed by atoms with E-state index in [-0.39, 0.29) is 36.2 Å². The van der Waals surface area contributed by atoms with E-state index < -0.39 is 23.8 Å². The van der Waals surface area contributed by atoms with Crippen molar-refractivity contribution in [3.8, 4) is 0 Å². The Hall–Kier alpha value is -3.13. The standard InChI is InChI=1S/C24H26ClN3O5/c25-19-8-4-3-7-17(19)22-18(24(32)33)11-12-28(22)23(31)15-9-10-21(30)27(13-15)14-20(29)26-16-5-1-2-6-16/h3-4,7-10,13,16,18,22H,1-2,5-6,11-12,14H2,(H,26,29)(H,32,33)/t18-,22-/m1/s1. The zero-order valence-electron chi connectivity index (χ0n) is 18.1. The molecule has 9 heteroatoms. The van der Waals surface area contributed by atoms with Crippen LogP contribution in [0.15, 0.2) is 47.4 Å². The second-order valence-corrected chi connectivity index (χ2v) is 9.04. The van der Waals surface area contributed by atoms with Gasteiger partial charge in [-0.25, -0.2) is 0 Å². The van der Waals surface area contributed by atoms with Crippen LogP contribution in [0.4, 0.5) is 0 Å². The summed E-state index contributed by atoms with van der Waals surface area (Å²) in [6.45, 7) is 0.0646. The average Bonchev–Trinajstić information content (AvgIpc) is 3.45. The highest BCUT2D eigenvalue weighted by Gasteiger charge is 2.43. The van der Waals surface area contributed by atoms with Crippen molar-refractivity contribution >= 4 is 29.4 Å². The number of nitrogens with one attached hydrogen (secondary N) is 1. The summed E-state index contributed by atoms with van der Waals surface area (Å²) in [4.78, 5) is 51.5. The number of likely N-dealkylation sites (tertiary alicyclic amines) is 1. The highest BCUT2D eigenvalue weighted by atomic mass is 35.5. The molecule has 1 aliphatic heterocycles. The lowest BCUT2D eigenvalue weighted by Gasteiger charge is -2.28. The number of nitrogens with zero attached hydrogens (tertiary/aromatic N) is 2. The highest BCUT2D eigenvalue weighted by molar-refractivity contribution is 6.31. The topological polar surface area (TPSA) is 109 Å². The lowest BCUT2D eigenvalue weighted by atomic mass is 9.93. The van der Waals surface area contributed by atoms with E-state index in [0.717, 1.165) is 25.7 Å². The molecule has 0 radical (unpaired) electrons. The Morgan fingerprint density at radius 1 is 1.06 bits per heavy atom. The predicted molar refractivity (Wildman–Crippen MR) is 122 cm³/mol. The van der Waals surface area contributed by atoms with E-state index in [2.05, 4.69) is 5.32 Å². The number of amides is 2. The van der Waals surface area contributed by atoms with Crippen molar-refractivity contribution in [3.05, 3.63) is 69.1 Å². The predicted octanol–water partition coefficient (Wildman–Crippen LogP) is 2.85. The quantitative estimate of drug-likeness (QED) is 0.673. The van der Waals surface area contributed by atoms with Crippen molar-refractivity contribution in [1.82, 2.24) is 14.8 Å². The molecule has 0 unspecified atom stereocenters. The molecule has 174 valence electrons. The van der Waals surface area contributed by atoms with Gasteiger partial charge in [-0.15, -0.1) is 0 Å². The fourth-order valence-corrected chi connectivity index (χ4v) is 5.07. The van der Waals surface area contributed by atoms with Crippen molar-refractivity contribution < 1.29 is 19.5 Å². The van der Waals surface area contributed by atoms with Crippen molar-refractivity contribution in [2.24, 2.45) is 5.92 Å². The van der Waals surface area contributed by atoms with Gasteiger partial charge in [-0.2, -0.15) is 0 Å². The highest BCUT2D eigenvalue weighted by Crippen LogP contribution is 2.41. The van der Waals surface area contributed by atoms with E-state index in [1.165, 1.54) is 27.8 Å². The number of benzene rings is 1. The summed E-state index contributed by atoms with van der Waals surface area (Å²) in [5.74, 6) is -2.47. The molecule has 2 heterocycles. The van der Waals surface area contributed by atoms with E-state index >= 15 is 0 Å². The number of hydrogen-bond acceptors (Lipinski definition) is 4. The molecule has 2 atom stereocenters. The van der Waals surface area contributed by atoms with Crippen LogP contribution in [0.2, 0.25) is 5.02 Å². The molecular formula is C24H26ClN3O5. The third-order valence-electron chi connectivity index (χ3n) is 6.46. The Morgan fingerprint density at radius 2 is 1.79 bits per heavy atom. The monoisotopic (exact) mass is 471 g/mol. The lowest BCUT2D eigenvalue weighted by molar-refractivity contribution is -0.142. The molecule has 2 amide bonds. The number of halogens is 1. The second kappa shape index (κ2) is 9.79. The van der Waals surface area contributed by atoms with E-state index in [4.69, 9.17) is 11.6 Å². The molecule has 1 saturated heterocycles. The largest absolute Gasteiger partial charge is 0.481 e. The summed E-state index contributed by atoms with van der Waals surface area (Å²) in [5, 5.41) is 13.1. The molecule has 8 nitrogen and oxygen atoms in total. The Kier molecular flexibility index (Phi) is 6.83. The summed E-state index contributed by atoms with van der Waals surface area (Å²) < 4.78 is 1.22. The van der Waals surface area contributed by atoms with Gasteiger partial charge < -0.3 is 19.9 Å². The molecule has 33 heavy (non-hydrogen) atoms. The number of carboxylic acid groups (broad SMARTS) is 1. The number of pyridine rings is 1. The van der Waals surface area contributed by atoms with Crippen LogP contribution in [0.1, 0.15) is 54.1 Å². The normalized spacial score (nSPS) is 20.7. The van der Waals surface area contributed by atoms with Gasteiger partial charge in [-0.1, -0.05) is 42.6 Å². The number of aliphatic carboxylic acids is 1. The fourth-order valence-electron chi connectivity index (χ4n) is 4.82. The molecule has 2 aromatic rings. The summed E-state index contributed by atoms with van der Waals surface area (Å²) in [5.41, 5.74) is 0.397. The van der Waals surface area contributed by atoms with Crippen molar-refractivity contribution in [2.45, 2.75) is 50.7 Å². The Labute approximate surface area is 196 Å². The molecule has 4 rings (SSSR count). The number of carbonyl (C=O) groups excluding carboxylic acids is 2. The maximum absolute atomic E-state index is 13.4. The molecule has 2 fully saturated rings. The molecule has 2 N–H and O–H groups in total. The van der Waals surface area contributed by atoms with Gasteiger partial charge in [0, 0.05) is 29.9 Å². The van der Waals surface area contributed by atoms with Gasteiger partial charge in [0.15, 0.2) is 0 Å². The number of rotatable bonds is 6. The smallest absolute Gasteiger partial charge is 0.309 e. The number of hydrogen-bond donors (Lipinski definition) is 2. The van der Waals surface area contributed by atoms with Crippen molar-refractivity contribution in [1.29, 1.82) is 0 Å². The Bertz CT molecular complexity index is 1130. The Balaban J connectivity index is 1.58. The zero-order chi connectivity index (χ0) is 23.5. The molecule has 0 spiro atoms. The maximum Gasteiger partial charge on any atom is 0.309 e. The van der Waals surface area contributed by atoms with Crippen LogP contribution >= 0.6 is 11.6 Å². The van der Waals surface area contributed by atoms with Gasteiger partial charge in [-0.3, -0.25) is 19.2 Å². The molecule has 1 aromatic carbocycles. The van der Waals surface area contributed by atoms with Crippen LogP contribution in [0.5, 0.6) is 0 Å². The minimum absolute atomic E-state index is 0.131. The first-order valence-corrected chi connectivity index (χ1v) is 11.5. The molecular weight excluding hydrogens is 446 g/mol. The van der Waals surface area contributed by atoms with Crippen molar-refractivity contribution in [2.75, 3.05) is 6.54 Å². The average molecular weight is 472 g/mol. The van der Waals surface area contributed by atoms with E-state index in [1.54, 1.807) is 24.3 Å². The SMILES string of the molecule is O=C(Cn1cc(C(=O)N2CC[C@@H](C(=O)O)[C@H]2c2ccccc2Cl)ccc1=O)NC1CCCC1. The van der Waals surface area contributed by atoms with E-state index in [0.29, 0.717) is 17.0 Å². The van der Waals surface area contributed by atoms with Crippen molar-refractivity contribution in [3.63, 3.8) is 0 Å². The first-order valence-electron chi connectivity index (χ1n) is 11.1. The van der Waals surface area contributed by atoms with Crippen LogP contribution in [0, 0.1) is 5.92 Å². The third-order valence-corrected chi connectivity index (χ3v) is 6.81. The van der Waals surface area contributed by atoms with Crippen LogP contribution in [0.25, 0.3) is 0 Å². The third kappa shape index (κ3) is 4.95. The number of aromatic nitrogens is 1. The van der Waals surface area contributed by atoms with Gasteiger partial charge in [-0.05, 0) is 37.0 Å². The van der Waals surface area contributed by atoms with Gasteiger partial charge in [0.1, 0.15) is 6.54 Å². The number of carbonyl (C=O) groups is 3. The first-order chi connectivity index (χ1) is 15.8. The van der Waals surface area contributed by atoms with Gasteiger partial charge in [0.05, 0.1) is 17.5 Å². The Morgan fingerprint density at radius 3 is 2.48 bits per heavy atom. The molecule has 0 bridgehead atoms. The fraction of sp³-hybridized carbons (Fsp3) is 0.417. The number of carboxylic acids is 1. The van der Waals surface area contributed by atoms with Crippen LogP contribution in [-0.4, -0.2) is 44.9 Å². The van der Waals surface area contributed by atoms with Gasteiger partial charge >= 0.3 is 5.97 Å². The zero-order valence-corrected chi connectivity index (χ0v) is 18.8. The molecule has 1 aliphatic carbocycles. The summed E-state index contributed by atoms with van der Waals surface area (Å²) in [7, 11) is 0. The van der Waals surface area contributed by atoms with Gasteiger partial charge in [0.2, 0.25) is 5.91 Å². The molecule has 2 aliphatic rings. The van der Waals surface area contributed by atoms with Crippen LogP contribution < -0.4 is 10.9 Å². The molecule has 1 aromatic heterocycles. The maximum atomic E-state index is 13.4. The lowest BCUT2D eigenvalue weighted by Crippen LogP contribution is -2.38. The van der Waals surface area contributed by atoms with Crippen LogP contribution in [-0.2, 0) is 16.1 Å². The van der Waals surface area contributed by atoms with E-state index in [9.17, 15) is 24.3 Å². The summed E-state index contributed by atoms with van der Waals surface area (Å²) in [6.07, 6.45) is 5.69. The summed E-state index contributed by atoms with van der Waals surface area (Å²) in [6, 6.07) is 8.96. The van der Waals surface area contributed by atoms with E-state index in [1.807, 2.05) is 0 Å².